The van der Waals surface area contributed by atoms with Crippen molar-refractivity contribution in [2.75, 3.05) is 46.3 Å². The normalized spacial score (nSPS) is 18.4. The van der Waals surface area contributed by atoms with Crippen LogP contribution < -0.4 is 10.1 Å². The molecule has 2 aromatic carbocycles. The van der Waals surface area contributed by atoms with E-state index >= 15 is 0 Å². The zero-order chi connectivity index (χ0) is 28.2. The highest BCUT2D eigenvalue weighted by Crippen LogP contribution is 2.24. The van der Waals surface area contributed by atoms with E-state index in [0.29, 0.717) is 42.3 Å². The zero-order valence-electron chi connectivity index (χ0n) is 22.7. The third-order valence-corrected chi connectivity index (χ3v) is 9.43. The second-order valence-electron chi connectivity index (χ2n) is 10.7. The fourth-order valence-corrected chi connectivity index (χ4v) is 6.39. The van der Waals surface area contributed by atoms with Gasteiger partial charge in [0.2, 0.25) is 10.0 Å². The van der Waals surface area contributed by atoms with Crippen LogP contribution in [0.25, 0.3) is 0 Å². The summed E-state index contributed by atoms with van der Waals surface area (Å²) in [6, 6.07) is 12.9. The molecule has 212 valence electrons. The number of hydrogen-bond acceptors (Lipinski definition) is 6. The Balaban J connectivity index is 1.31. The second-order valence-corrected chi connectivity index (χ2v) is 13.1. The Morgan fingerprint density at radius 2 is 1.56 bits per heavy atom. The van der Waals surface area contributed by atoms with Crippen molar-refractivity contribution in [3.63, 3.8) is 0 Å². The van der Waals surface area contributed by atoms with Gasteiger partial charge in [0.1, 0.15) is 5.75 Å². The Labute approximate surface area is 236 Å². The SMILES string of the molecule is CN1CCCN(C(=O)c2ccc(S(=O)(=O)N3CCC(NC(=O)C(C)(C)Oc4ccc(Cl)cc4)CC3)cc2)CC1. The zero-order valence-corrected chi connectivity index (χ0v) is 24.3. The van der Waals surface area contributed by atoms with Gasteiger partial charge in [-0.1, -0.05) is 11.6 Å². The molecule has 0 unspecified atom stereocenters. The lowest BCUT2D eigenvalue weighted by Gasteiger charge is -2.34. The lowest BCUT2D eigenvalue weighted by Crippen LogP contribution is -2.53. The number of carbonyl (C=O) groups is 2. The van der Waals surface area contributed by atoms with Crippen LogP contribution in [-0.2, 0) is 14.8 Å². The minimum absolute atomic E-state index is 0.0752. The van der Waals surface area contributed by atoms with Crippen molar-refractivity contribution in [3.8, 4) is 5.75 Å². The molecule has 39 heavy (non-hydrogen) atoms. The molecule has 0 radical (unpaired) electrons. The summed E-state index contributed by atoms with van der Waals surface area (Å²) in [5.41, 5.74) is -0.622. The summed E-state index contributed by atoms with van der Waals surface area (Å²) in [6.07, 6.45) is 1.89. The second kappa shape index (κ2) is 12.2. The predicted octanol–water partition coefficient (Wildman–Crippen LogP) is 3.24. The van der Waals surface area contributed by atoms with E-state index in [1.54, 1.807) is 50.2 Å². The smallest absolute Gasteiger partial charge is 0.263 e. The fourth-order valence-electron chi connectivity index (χ4n) is 4.79. The molecule has 0 saturated carbocycles. The number of halogens is 1. The Morgan fingerprint density at radius 1 is 0.923 bits per heavy atom. The van der Waals surface area contributed by atoms with Crippen LogP contribution in [0, 0.1) is 0 Å². The number of ether oxygens (including phenoxy) is 1. The summed E-state index contributed by atoms with van der Waals surface area (Å²) in [4.78, 5) is 30.0. The maximum Gasteiger partial charge on any atom is 0.263 e. The molecule has 0 aliphatic carbocycles. The molecule has 2 amide bonds. The molecule has 0 bridgehead atoms. The summed E-state index contributed by atoms with van der Waals surface area (Å²) in [7, 11) is -1.67. The topological polar surface area (TPSA) is 99.3 Å². The highest BCUT2D eigenvalue weighted by atomic mass is 35.5. The predicted molar refractivity (Wildman–Crippen MR) is 151 cm³/mol. The largest absolute Gasteiger partial charge is 0.478 e. The number of carbonyl (C=O) groups excluding carboxylic acids is 2. The molecule has 1 N–H and O–H groups in total. The van der Waals surface area contributed by atoms with E-state index in [1.807, 2.05) is 11.9 Å². The number of piperidine rings is 1. The third-order valence-electron chi connectivity index (χ3n) is 7.27. The minimum Gasteiger partial charge on any atom is -0.478 e. The lowest BCUT2D eigenvalue weighted by atomic mass is 10.0. The van der Waals surface area contributed by atoms with Crippen molar-refractivity contribution in [1.82, 2.24) is 19.4 Å². The van der Waals surface area contributed by atoms with Gasteiger partial charge in [0.15, 0.2) is 5.60 Å². The minimum atomic E-state index is -3.71. The highest BCUT2D eigenvalue weighted by molar-refractivity contribution is 7.89. The first-order valence-corrected chi connectivity index (χ1v) is 15.1. The summed E-state index contributed by atoms with van der Waals surface area (Å²) in [6.45, 7) is 7.08. The number of benzene rings is 2. The number of nitrogens with one attached hydrogen (secondary N) is 1. The lowest BCUT2D eigenvalue weighted by molar-refractivity contribution is -0.135. The van der Waals surface area contributed by atoms with Gasteiger partial charge in [-0.2, -0.15) is 4.31 Å². The quantitative estimate of drug-likeness (QED) is 0.543. The molecule has 2 aliphatic heterocycles. The van der Waals surface area contributed by atoms with Crippen LogP contribution in [0.4, 0.5) is 0 Å². The molecule has 2 saturated heterocycles. The van der Waals surface area contributed by atoms with Crippen molar-refractivity contribution in [2.24, 2.45) is 0 Å². The monoisotopic (exact) mass is 576 g/mol. The van der Waals surface area contributed by atoms with Crippen LogP contribution in [0.2, 0.25) is 5.02 Å². The van der Waals surface area contributed by atoms with Crippen LogP contribution in [-0.4, -0.2) is 92.3 Å². The van der Waals surface area contributed by atoms with Crippen molar-refractivity contribution in [2.45, 2.75) is 49.6 Å². The maximum absolute atomic E-state index is 13.3. The van der Waals surface area contributed by atoms with Gasteiger partial charge in [0, 0.05) is 49.4 Å². The standard InChI is InChI=1S/C28H37ClN4O5S/c1-28(2,38-24-9-7-22(29)8-10-24)27(35)30-23-13-17-33(18-14-23)39(36,37)25-11-5-21(6-12-25)26(34)32-16-4-15-31(3)19-20-32/h5-12,23H,4,13-20H2,1-3H3,(H,30,35). The molecule has 2 heterocycles. The molecule has 0 spiro atoms. The van der Waals surface area contributed by atoms with E-state index in [4.69, 9.17) is 16.3 Å². The first kappa shape index (κ1) is 29.3. The molecule has 0 aromatic heterocycles. The molecule has 9 nitrogen and oxygen atoms in total. The van der Waals surface area contributed by atoms with Gasteiger partial charge >= 0.3 is 0 Å². The average molecular weight is 577 g/mol. The summed E-state index contributed by atoms with van der Waals surface area (Å²) >= 11 is 5.92. The van der Waals surface area contributed by atoms with Gasteiger partial charge in [-0.15, -0.1) is 0 Å². The van der Waals surface area contributed by atoms with E-state index in [9.17, 15) is 18.0 Å². The molecular weight excluding hydrogens is 540 g/mol. The van der Waals surface area contributed by atoms with Gasteiger partial charge in [0.25, 0.3) is 11.8 Å². The number of likely N-dealkylation sites (N-methyl/N-ethyl adjacent to an activating group) is 1. The van der Waals surface area contributed by atoms with Gasteiger partial charge in [-0.3, -0.25) is 9.59 Å². The van der Waals surface area contributed by atoms with Gasteiger partial charge in [-0.05, 0) is 95.2 Å². The molecule has 2 aromatic rings. The molecule has 4 rings (SSSR count). The van der Waals surface area contributed by atoms with Crippen molar-refractivity contribution in [3.05, 3.63) is 59.1 Å². The Bertz CT molecular complexity index is 1260. The van der Waals surface area contributed by atoms with Crippen LogP contribution >= 0.6 is 11.6 Å². The molecule has 2 aliphatic rings. The summed E-state index contributed by atoms with van der Waals surface area (Å²) in [5.74, 6) is 0.191. The van der Waals surface area contributed by atoms with Gasteiger partial charge < -0.3 is 19.9 Å². The van der Waals surface area contributed by atoms with E-state index in [-0.39, 0.29) is 35.8 Å². The van der Waals surface area contributed by atoms with E-state index in [2.05, 4.69) is 10.2 Å². The van der Waals surface area contributed by atoms with Gasteiger partial charge in [0.05, 0.1) is 4.90 Å². The Kier molecular flexibility index (Phi) is 9.21. The average Bonchev–Trinajstić information content (AvgIpc) is 3.14. The van der Waals surface area contributed by atoms with E-state index in [1.165, 1.54) is 16.4 Å². The number of hydrogen-bond donors (Lipinski definition) is 1. The Morgan fingerprint density at radius 3 is 2.21 bits per heavy atom. The number of rotatable bonds is 7. The number of nitrogens with zero attached hydrogens (tertiary/aromatic N) is 3. The molecule has 0 atom stereocenters. The summed E-state index contributed by atoms with van der Waals surface area (Å²) in [5, 5.41) is 3.58. The van der Waals surface area contributed by atoms with Crippen molar-refractivity contribution < 1.29 is 22.7 Å². The highest BCUT2D eigenvalue weighted by Gasteiger charge is 2.35. The first-order valence-electron chi connectivity index (χ1n) is 13.3. The van der Waals surface area contributed by atoms with Gasteiger partial charge in [-0.25, -0.2) is 8.42 Å². The van der Waals surface area contributed by atoms with Crippen molar-refractivity contribution in [1.29, 1.82) is 0 Å². The molecule has 11 heteroatoms. The maximum atomic E-state index is 13.3. The van der Waals surface area contributed by atoms with Crippen LogP contribution in [0.5, 0.6) is 5.75 Å². The summed E-state index contributed by atoms with van der Waals surface area (Å²) < 4.78 is 33.9. The number of sulfonamides is 1. The third kappa shape index (κ3) is 7.30. The van der Waals surface area contributed by atoms with Crippen molar-refractivity contribution >= 4 is 33.4 Å². The van der Waals surface area contributed by atoms with Crippen LogP contribution in [0.3, 0.4) is 0 Å². The Hall–Kier alpha value is -2.66. The van der Waals surface area contributed by atoms with Crippen LogP contribution in [0.15, 0.2) is 53.4 Å². The molecule has 2 fully saturated rings. The fraction of sp³-hybridized carbons (Fsp3) is 0.500. The number of amides is 2. The van der Waals surface area contributed by atoms with Crippen LogP contribution in [0.1, 0.15) is 43.5 Å². The molecular formula is C28H37ClN4O5S. The van der Waals surface area contributed by atoms with E-state index < -0.39 is 15.6 Å². The van der Waals surface area contributed by atoms with E-state index in [0.717, 1.165) is 19.5 Å². The first-order chi connectivity index (χ1) is 18.5.